The van der Waals surface area contributed by atoms with Crippen molar-refractivity contribution in [3.63, 3.8) is 0 Å². The van der Waals surface area contributed by atoms with Crippen LogP contribution in [0.25, 0.3) is 5.70 Å². The number of hydrogen-bond acceptors (Lipinski definition) is 2. The lowest BCUT2D eigenvalue weighted by molar-refractivity contribution is -0.112. The van der Waals surface area contributed by atoms with Gasteiger partial charge in [0.25, 0.3) is 5.91 Å². The van der Waals surface area contributed by atoms with E-state index in [4.69, 9.17) is 0 Å². The summed E-state index contributed by atoms with van der Waals surface area (Å²) in [6, 6.07) is 7.31. The molecule has 0 aliphatic carbocycles. The van der Waals surface area contributed by atoms with Gasteiger partial charge in [0.2, 0.25) is 0 Å². The third-order valence-corrected chi connectivity index (χ3v) is 2.44. The number of nitrogens with zero attached hydrogens (tertiary/aromatic N) is 1. The second-order valence-electron chi connectivity index (χ2n) is 3.55. The van der Waals surface area contributed by atoms with Gasteiger partial charge in [-0.25, -0.2) is 0 Å². The van der Waals surface area contributed by atoms with Crippen LogP contribution in [0.1, 0.15) is 22.8 Å². The highest BCUT2D eigenvalue weighted by Crippen LogP contribution is 2.30. The minimum absolute atomic E-state index is 0.0543. The second-order valence-corrected chi connectivity index (χ2v) is 3.55. The molecule has 76 valence electrons. The molecule has 0 bridgehead atoms. The number of benzene rings is 1. The number of carbonyl (C=O) groups is 2. The maximum atomic E-state index is 11.8. The Morgan fingerprint density at radius 1 is 1.27 bits per heavy atom. The van der Waals surface area contributed by atoms with Crippen molar-refractivity contribution in [3.8, 4) is 0 Å². The van der Waals surface area contributed by atoms with E-state index in [1.165, 1.54) is 17.9 Å². The molecule has 3 heteroatoms. The van der Waals surface area contributed by atoms with Gasteiger partial charge in [-0.1, -0.05) is 18.2 Å². The van der Waals surface area contributed by atoms with Crippen molar-refractivity contribution in [1.82, 2.24) is 4.90 Å². The molecule has 0 spiro atoms. The molecule has 0 fully saturated rings. The Bertz CT molecular complexity index is 474. The van der Waals surface area contributed by atoms with Crippen molar-refractivity contribution in [1.29, 1.82) is 0 Å². The van der Waals surface area contributed by atoms with Gasteiger partial charge in [-0.2, -0.15) is 0 Å². The van der Waals surface area contributed by atoms with Crippen molar-refractivity contribution in [3.05, 3.63) is 41.5 Å². The average molecular weight is 201 g/mol. The van der Waals surface area contributed by atoms with Crippen LogP contribution < -0.4 is 0 Å². The minimum atomic E-state index is -0.0573. The van der Waals surface area contributed by atoms with Crippen molar-refractivity contribution in [2.45, 2.75) is 6.92 Å². The first kappa shape index (κ1) is 9.65. The summed E-state index contributed by atoms with van der Waals surface area (Å²) in [5, 5.41) is 0. The maximum Gasteiger partial charge on any atom is 0.258 e. The van der Waals surface area contributed by atoms with Crippen molar-refractivity contribution in [2.24, 2.45) is 0 Å². The SMILES string of the molecule is CC(=O)/C=C1/c2ccccc2C(=O)N1C. The molecule has 0 saturated heterocycles. The van der Waals surface area contributed by atoms with E-state index in [1.54, 1.807) is 13.1 Å². The van der Waals surface area contributed by atoms with Gasteiger partial charge in [0.1, 0.15) is 0 Å². The molecule has 1 heterocycles. The molecule has 0 radical (unpaired) electrons. The fourth-order valence-electron chi connectivity index (χ4n) is 1.73. The van der Waals surface area contributed by atoms with Crippen molar-refractivity contribution in [2.75, 3.05) is 7.05 Å². The Morgan fingerprint density at radius 3 is 2.47 bits per heavy atom. The highest BCUT2D eigenvalue weighted by atomic mass is 16.2. The van der Waals surface area contributed by atoms with Gasteiger partial charge in [0.05, 0.1) is 5.70 Å². The predicted octanol–water partition coefficient (Wildman–Crippen LogP) is 1.70. The van der Waals surface area contributed by atoms with Gasteiger partial charge in [0.15, 0.2) is 5.78 Å². The smallest absolute Gasteiger partial charge is 0.258 e. The summed E-state index contributed by atoms with van der Waals surface area (Å²) in [5.41, 5.74) is 2.18. The summed E-state index contributed by atoms with van der Waals surface area (Å²) in [5.74, 6) is -0.112. The van der Waals surface area contributed by atoms with Gasteiger partial charge in [-0.3, -0.25) is 9.59 Å². The zero-order valence-electron chi connectivity index (χ0n) is 8.65. The third kappa shape index (κ3) is 1.46. The van der Waals surface area contributed by atoms with Crippen molar-refractivity contribution >= 4 is 17.4 Å². The topological polar surface area (TPSA) is 37.4 Å². The second kappa shape index (κ2) is 3.35. The van der Waals surface area contributed by atoms with Crippen LogP contribution >= 0.6 is 0 Å². The van der Waals surface area contributed by atoms with Crippen LogP contribution in [0.3, 0.4) is 0 Å². The normalized spacial score (nSPS) is 17.1. The fraction of sp³-hybridized carbons (Fsp3) is 0.167. The largest absolute Gasteiger partial charge is 0.311 e. The Kier molecular flexibility index (Phi) is 2.15. The van der Waals surface area contributed by atoms with Gasteiger partial charge >= 0.3 is 0 Å². The molecular formula is C12H11NO2. The molecule has 1 aliphatic heterocycles. The van der Waals surface area contributed by atoms with Crippen molar-refractivity contribution < 1.29 is 9.59 Å². The van der Waals surface area contributed by atoms with Crippen LogP contribution in [0, 0.1) is 0 Å². The number of amides is 1. The van der Waals surface area contributed by atoms with Gasteiger partial charge in [0, 0.05) is 24.3 Å². The Labute approximate surface area is 88.0 Å². The molecule has 0 aromatic heterocycles. The fourth-order valence-corrected chi connectivity index (χ4v) is 1.73. The molecule has 1 aromatic carbocycles. The maximum absolute atomic E-state index is 11.8. The summed E-state index contributed by atoms with van der Waals surface area (Å²) < 4.78 is 0. The summed E-state index contributed by atoms with van der Waals surface area (Å²) >= 11 is 0. The first-order chi connectivity index (χ1) is 7.11. The van der Waals surface area contributed by atoms with Crippen LogP contribution in [0.5, 0.6) is 0 Å². The first-order valence-corrected chi connectivity index (χ1v) is 4.71. The zero-order valence-corrected chi connectivity index (χ0v) is 8.65. The Morgan fingerprint density at radius 2 is 1.87 bits per heavy atom. The van der Waals surface area contributed by atoms with Crippen LogP contribution in [0.15, 0.2) is 30.3 Å². The van der Waals surface area contributed by atoms with E-state index in [-0.39, 0.29) is 11.7 Å². The Hall–Kier alpha value is -1.90. The van der Waals surface area contributed by atoms with E-state index in [2.05, 4.69) is 0 Å². The van der Waals surface area contributed by atoms with Crippen LogP contribution in [0.4, 0.5) is 0 Å². The molecule has 3 nitrogen and oxygen atoms in total. The molecule has 0 saturated carbocycles. The highest BCUT2D eigenvalue weighted by molar-refractivity contribution is 6.11. The van der Waals surface area contributed by atoms with E-state index in [9.17, 15) is 9.59 Å². The van der Waals surface area contributed by atoms with Gasteiger partial charge < -0.3 is 4.90 Å². The monoisotopic (exact) mass is 201 g/mol. The molecule has 0 unspecified atom stereocenters. The van der Waals surface area contributed by atoms with Gasteiger partial charge in [-0.05, 0) is 13.0 Å². The molecule has 0 atom stereocenters. The third-order valence-electron chi connectivity index (χ3n) is 2.44. The molecular weight excluding hydrogens is 190 g/mol. The molecule has 0 N–H and O–H groups in total. The number of allylic oxidation sites excluding steroid dienone is 1. The molecule has 2 rings (SSSR count). The molecule has 1 amide bonds. The summed E-state index contributed by atoms with van der Waals surface area (Å²) in [6.07, 6.45) is 1.49. The van der Waals surface area contributed by atoms with E-state index < -0.39 is 0 Å². The number of ketones is 1. The first-order valence-electron chi connectivity index (χ1n) is 4.71. The highest BCUT2D eigenvalue weighted by Gasteiger charge is 2.28. The molecule has 1 aliphatic rings. The summed E-state index contributed by atoms with van der Waals surface area (Å²) in [7, 11) is 1.68. The quantitative estimate of drug-likeness (QED) is 0.648. The minimum Gasteiger partial charge on any atom is -0.311 e. The van der Waals surface area contributed by atoms with E-state index in [0.717, 1.165) is 5.56 Å². The summed E-state index contributed by atoms with van der Waals surface area (Å²) in [6.45, 7) is 1.48. The van der Waals surface area contributed by atoms with Crippen LogP contribution in [-0.4, -0.2) is 23.6 Å². The van der Waals surface area contributed by atoms with E-state index >= 15 is 0 Å². The lowest BCUT2D eigenvalue weighted by Crippen LogP contribution is -2.17. The van der Waals surface area contributed by atoms with Gasteiger partial charge in [-0.15, -0.1) is 0 Å². The number of carbonyl (C=O) groups excluding carboxylic acids is 2. The zero-order chi connectivity index (χ0) is 11.0. The lowest BCUT2D eigenvalue weighted by Gasteiger charge is -2.09. The van der Waals surface area contributed by atoms with Crippen LogP contribution in [-0.2, 0) is 4.79 Å². The molecule has 15 heavy (non-hydrogen) atoms. The average Bonchev–Trinajstić information content (AvgIpc) is 2.44. The molecule has 1 aromatic rings. The standard InChI is InChI=1S/C12H11NO2/c1-8(14)7-11-9-5-3-4-6-10(9)12(15)13(11)2/h3-7H,1-2H3/b11-7-. The van der Waals surface area contributed by atoms with E-state index in [1.807, 2.05) is 18.2 Å². The lowest BCUT2D eigenvalue weighted by atomic mass is 10.1. The number of hydrogen-bond donors (Lipinski definition) is 0. The Balaban J connectivity index is 2.61. The van der Waals surface area contributed by atoms with E-state index in [0.29, 0.717) is 11.3 Å². The summed E-state index contributed by atoms with van der Waals surface area (Å²) in [4.78, 5) is 24.3. The number of rotatable bonds is 1. The van der Waals surface area contributed by atoms with Crippen LogP contribution in [0.2, 0.25) is 0 Å². The number of fused-ring (bicyclic) bond motifs is 1. The predicted molar refractivity (Wildman–Crippen MR) is 57.2 cm³/mol.